The van der Waals surface area contributed by atoms with Crippen molar-refractivity contribution in [3.05, 3.63) is 0 Å². The molecule has 0 amide bonds. The van der Waals surface area contributed by atoms with Crippen LogP contribution in [0.25, 0.3) is 0 Å². The second-order valence-corrected chi connectivity index (χ2v) is 10.5. The van der Waals surface area contributed by atoms with Crippen molar-refractivity contribution in [2.75, 3.05) is 0 Å². The van der Waals surface area contributed by atoms with Crippen LogP contribution in [0.1, 0.15) is 77.0 Å². The summed E-state index contributed by atoms with van der Waals surface area (Å²) in [5.41, 5.74) is 1.73. The SMILES string of the molecule is C1C2CC3CC1CC(CC14CC5CC(CC1C5)C4)(C2)C3. The fourth-order valence-electron chi connectivity index (χ4n) is 9.51. The fraction of sp³-hybridized carbons (Fsp3) is 1.00. The third kappa shape index (κ3) is 1.40. The van der Waals surface area contributed by atoms with Gasteiger partial charge in [0.15, 0.2) is 0 Å². The van der Waals surface area contributed by atoms with Crippen LogP contribution in [0.15, 0.2) is 0 Å². The summed E-state index contributed by atoms with van der Waals surface area (Å²) in [7, 11) is 0. The van der Waals surface area contributed by atoms with Gasteiger partial charge in [0.05, 0.1) is 0 Å². The molecule has 0 radical (unpaired) electrons. The smallest absolute Gasteiger partial charge is 0.0258 e. The van der Waals surface area contributed by atoms with Crippen LogP contribution in [0.3, 0.4) is 0 Å². The highest BCUT2D eigenvalue weighted by Gasteiger charge is 2.61. The molecule has 110 valence electrons. The van der Waals surface area contributed by atoms with Gasteiger partial charge in [-0.05, 0) is 123 Å². The highest BCUT2D eigenvalue weighted by Crippen LogP contribution is 2.72. The zero-order valence-electron chi connectivity index (χ0n) is 12.9. The summed E-state index contributed by atoms with van der Waals surface area (Å²) >= 11 is 0. The Morgan fingerprint density at radius 3 is 1.50 bits per heavy atom. The normalized spacial score (nSPS) is 65.4. The van der Waals surface area contributed by atoms with E-state index in [4.69, 9.17) is 0 Å². The maximum Gasteiger partial charge on any atom is -0.0258 e. The van der Waals surface area contributed by atoms with Gasteiger partial charge in [-0.25, -0.2) is 0 Å². The molecule has 2 atom stereocenters. The first kappa shape index (κ1) is 11.6. The lowest BCUT2D eigenvalue weighted by Crippen LogP contribution is -2.48. The first-order valence-corrected chi connectivity index (χ1v) is 9.70. The zero-order chi connectivity index (χ0) is 12.9. The molecule has 2 unspecified atom stereocenters. The Labute approximate surface area is 124 Å². The first-order chi connectivity index (χ1) is 9.70. The van der Waals surface area contributed by atoms with Crippen LogP contribution in [0.5, 0.6) is 0 Å². The molecule has 8 aliphatic carbocycles. The zero-order valence-corrected chi connectivity index (χ0v) is 12.9. The molecule has 0 nitrogen and oxygen atoms in total. The van der Waals surface area contributed by atoms with E-state index < -0.39 is 0 Å². The third-order valence-corrected chi connectivity index (χ3v) is 9.05. The summed E-state index contributed by atoms with van der Waals surface area (Å²) in [5, 5.41) is 0. The lowest BCUT2D eigenvalue weighted by molar-refractivity contribution is -0.0832. The van der Waals surface area contributed by atoms with E-state index in [9.17, 15) is 0 Å². The largest absolute Gasteiger partial charge is 0.0475 e. The molecule has 8 fully saturated rings. The monoisotopic (exact) mass is 270 g/mol. The Bertz CT molecular complexity index is 398. The van der Waals surface area contributed by atoms with Crippen LogP contribution >= 0.6 is 0 Å². The first-order valence-electron chi connectivity index (χ1n) is 9.70. The number of hydrogen-bond donors (Lipinski definition) is 0. The Hall–Kier alpha value is 0. The third-order valence-electron chi connectivity index (χ3n) is 9.05. The molecule has 0 aromatic rings. The minimum absolute atomic E-state index is 0.855. The van der Waals surface area contributed by atoms with E-state index in [2.05, 4.69) is 0 Å². The molecular weight excluding hydrogens is 240 g/mol. The van der Waals surface area contributed by atoms with Gasteiger partial charge in [-0.3, -0.25) is 0 Å². The van der Waals surface area contributed by atoms with Gasteiger partial charge in [0.25, 0.3) is 0 Å². The average molecular weight is 270 g/mol. The van der Waals surface area contributed by atoms with E-state index >= 15 is 0 Å². The summed E-state index contributed by atoms with van der Waals surface area (Å²) in [5.74, 6) is 7.00. The van der Waals surface area contributed by atoms with Gasteiger partial charge in [-0.2, -0.15) is 0 Å². The molecule has 0 saturated heterocycles. The van der Waals surface area contributed by atoms with Crippen LogP contribution in [0, 0.1) is 46.3 Å². The van der Waals surface area contributed by atoms with E-state index in [0.717, 1.165) is 28.6 Å². The van der Waals surface area contributed by atoms with Gasteiger partial charge >= 0.3 is 0 Å². The summed E-state index contributed by atoms with van der Waals surface area (Å²) in [6, 6.07) is 0. The molecule has 0 aliphatic heterocycles. The molecule has 0 N–H and O–H groups in total. The molecule has 8 saturated carbocycles. The lowest BCUT2D eigenvalue weighted by atomic mass is 9.46. The van der Waals surface area contributed by atoms with E-state index in [1.807, 2.05) is 0 Å². The van der Waals surface area contributed by atoms with E-state index in [1.54, 1.807) is 77.0 Å². The molecule has 20 heavy (non-hydrogen) atoms. The molecule has 0 aromatic carbocycles. The molecular formula is C20H30. The van der Waals surface area contributed by atoms with Crippen LogP contribution in [0.4, 0.5) is 0 Å². The minimum atomic E-state index is 0.855. The van der Waals surface area contributed by atoms with E-state index in [1.165, 1.54) is 17.8 Å². The van der Waals surface area contributed by atoms with E-state index in [-0.39, 0.29) is 0 Å². The predicted octanol–water partition coefficient (Wildman–Crippen LogP) is 5.42. The van der Waals surface area contributed by atoms with Gasteiger partial charge in [0.2, 0.25) is 0 Å². The van der Waals surface area contributed by atoms with Crippen molar-refractivity contribution in [1.29, 1.82) is 0 Å². The number of hydrogen-bond acceptors (Lipinski definition) is 0. The van der Waals surface area contributed by atoms with Gasteiger partial charge < -0.3 is 0 Å². The van der Waals surface area contributed by atoms with Crippen molar-refractivity contribution in [1.82, 2.24) is 0 Å². The van der Waals surface area contributed by atoms with Crippen molar-refractivity contribution < 1.29 is 0 Å². The molecule has 0 aromatic heterocycles. The fourth-order valence-corrected chi connectivity index (χ4v) is 9.51. The summed E-state index contributed by atoms with van der Waals surface area (Å²) < 4.78 is 0. The van der Waals surface area contributed by atoms with Crippen molar-refractivity contribution in [2.24, 2.45) is 46.3 Å². The Morgan fingerprint density at radius 2 is 1.00 bits per heavy atom. The second-order valence-electron chi connectivity index (χ2n) is 10.5. The van der Waals surface area contributed by atoms with Gasteiger partial charge in [-0.1, -0.05) is 0 Å². The van der Waals surface area contributed by atoms with Crippen molar-refractivity contribution in [3.63, 3.8) is 0 Å². The van der Waals surface area contributed by atoms with E-state index in [0.29, 0.717) is 0 Å². The Morgan fingerprint density at radius 1 is 0.550 bits per heavy atom. The quantitative estimate of drug-likeness (QED) is 0.628. The maximum absolute atomic E-state index is 1.70. The Balaban J connectivity index is 1.33. The molecule has 8 aliphatic rings. The highest BCUT2D eigenvalue weighted by molar-refractivity contribution is 5.12. The molecule has 8 rings (SSSR count). The van der Waals surface area contributed by atoms with Crippen molar-refractivity contribution >= 4 is 0 Å². The summed E-state index contributed by atoms with van der Waals surface area (Å²) in [6.07, 6.45) is 19.8. The minimum Gasteiger partial charge on any atom is -0.0475 e. The van der Waals surface area contributed by atoms with Gasteiger partial charge in [-0.15, -0.1) is 0 Å². The maximum atomic E-state index is 1.70. The van der Waals surface area contributed by atoms with Crippen LogP contribution in [-0.2, 0) is 0 Å². The highest BCUT2D eigenvalue weighted by atomic mass is 14.7. The summed E-state index contributed by atoms with van der Waals surface area (Å²) in [6.45, 7) is 0. The summed E-state index contributed by atoms with van der Waals surface area (Å²) in [4.78, 5) is 0. The predicted molar refractivity (Wildman–Crippen MR) is 81.2 cm³/mol. The van der Waals surface area contributed by atoms with Crippen molar-refractivity contribution in [3.8, 4) is 0 Å². The Kier molecular flexibility index (Phi) is 2.02. The number of rotatable bonds is 2. The lowest BCUT2D eigenvalue weighted by Gasteiger charge is -2.59. The van der Waals surface area contributed by atoms with Crippen LogP contribution in [0.2, 0.25) is 0 Å². The van der Waals surface area contributed by atoms with Crippen molar-refractivity contribution in [2.45, 2.75) is 77.0 Å². The molecule has 0 spiro atoms. The van der Waals surface area contributed by atoms with Gasteiger partial charge in [0, 0.05) is 0 Å². The average Bonchev–Trinajstić information content (AvgIpc) is 2.70. The second kappa shape index (κ2) is 3.49. The standard InChI is InChI=1S/C20H30/c1-13-2-15-3-14(1)8-19(7-13,9-15)12-20-10-16-4-17(11-20)6-18(20)5-16/h13-18H,1-12H2. The molecule has 0 heterocycles. The van der Waals surface area contributed by atoms with Crippen LogP contribution < -0.4 is 0 Å². The topological polar surface area (TPSA) is 0 Å². The molecule has 8 bridgehead atoms. The molecule has 0 heteroatoms. The van der Waals surface area contributed by atoms with Crippen LogP contribution in [-0.4, -0.2) is 0 Å². The van der Waals surface area contributed by atoms with Gasteiger partial charge in [0.1, 0.15) is 0 Å².